The Morgan fingerprint density at radius 1 is 1.38 bits per heavy atom. The highest BCUT2D eigenvalue weighted by Gasteiger charge is 2.42. The average molecular weight is 362 g/mol. The highest BCUT2D eigenvalue weighted by atomic mass is 19.1. The quantitative estimate of drug-likeness (QED) is 0.838. The summed E-state index contributed by atoms with van der Waals surface area (Å²) < 4.78 is 26.1. The minimum Gasteiger partial charge on any atom is -0.463 e. The summed E-state index contributed by atoms with van der Waals surface area (Å²) in [5, 5.41) is 8.41. The minimum atomic E-state index is -0.515. The largest absolute Gasteiger partial charge is 0.463 e. The van der Waals surface area contributed by atoms with Gasteiger partial charge in [-0.1, -0.05) is 31.2 Å². The van der Waals surface area contributed by atoms with E-state index in [2.05, 4.69) is 10.3 Å². The van der Waals surface area contributed by atoms with Crippen LogP contribution < -0.4 is 5.73 Å². The Morgan fingerprint density at radius 3 is 2.85 bits per heavy atom. The van der Waals surface area contributed by atoms with Gasteiger partial charge in [0.05, 0.1) is 18.3 Å². The van der Waals surface area contributed by atoms with Crippen LogP contribution in [0.15, 0.2) is 30.5 Å². The minimum absolute atomic E-state index is 0.00814. The Labute approximate surface area is 151 Å². The van der Waals surface area contributed by atoms with Crippen LogP contribution in [-0.4, -0.2) is 39.9 Å². The molecule has 140 valence electrons. The smallest absolute Gasteiger partial charge is 0.302 e. The van der Waals surface area contributed by atoms with Gasteiger partial charge in [0.2, 0.25) is 0 Å². The molecule has 0 amide bonds. The van der Waals surface area contributed by atoms with E-state index in [9.17, 15) is 9.18 Å². The molecule has 2 aromatic rings. The lowest BCUT2D eigenvalue weighted by Crippen LogP contribution is -2.51. The van der Waals surface area contributed by atoms with Crippen molar-refractivity contribution >= 4 is 5.97 Å². The number of esters is 1. The van der Waals surface area contributed by atoms with E-state index < -0.39 is 6.23 Å². The third kappa shape index (κ3) is 3.76. The van der Waals surface area contributed by atoms with Crippen molar-refractivity contribution < 1.29 is 18.7 Å². The molecule has 26 heavy (non-hydrogen) atoms. The van der Waals surface area contributed by atoms with Crippen molar-refractivity contribution in [1.29, 1.82) is 0 Å². The van der Waals surface area contributed by atoms with E-state index in [-0.39, 0.29) is 42.4 Å². The molecule has 1 aromatic carbocycles. The van der Waals surface area contributed by atoms with Crippen molar-refractivity contribution in [2.75, 3.05) is 6.61 Å². The van der Waals surface area contributed by atoms with Gasteiger partial charge in [0.15, 0.2) is 0 Å². The molecule has 1 aliphatic rings. The molecule has 5 atom stereocenters. The Morgan fingerprint density at radius 2 is 2.15 bits per heavy atom. The van der Waals surface area contributed by atoms with E-state index in [1.165, 1.54) is 19.1 Å². The molecule has 8 heteroatoms. The predicted octanol–water partition coefficient (Wildman–Crippen LogP) is 2.14. The Hall–Kier alpha value is -2.32. The van der Waals surface area contributed by atoms with E-state index in [0.29, 0.717) is 11.3 Å². The Balaban J connectivity index is 1.85. The molecule has 2 N–H and O–H groups in total. The molecule has 0 bridgehead atoms. The number of carbonyl (C=O) groups excluding carboxylic acids is 1. The Kier molecular flexibility index (Phi) is 5.33. The fourth-order valence-electron chi connectivity index (χ4n) is 3.42. The van der Waals surface area contributed by atoms with Crippen molar-refractivity contribution in [3.63, 3.8) is 0 Å². The van der Waals surface area contributed by atoms with Crippen LogP contribution in [0.4, 0.5) is 4.39 Å². The summed E-state index contributed by atoms with van der Waals surface area (Å²) in [5.74, 6) is -0.723. The lowest BCUT2D eigenvalue weighted by Gasteiger charge is -2.43. The summed E-state index contributed by atoms with van der Waals surface area (Å²) in [6.07, 6.45) is 0.934. The number of benzene rings is 1. The van der Waals surface area contributed by atoms with E-state index in [4.69, 9.17) is 15.2 Å². The standard InChI is InChI=1S/C18H23FN4O3/c1-10-16(9-25-12(3)24)26-18(20)11(2)17(10)23-8-15(21-22-23)13-5-4-6-14(19)7-13/h4-8,10-11,16-18H,9,20H2,1-3H3/t10-,11?,16?,17-,18+/m0/s1. The van der Waals surface area contributed by atoms with Crippen LogP contribution in [0.2, 0.25) is 0 Å². The SMILES string of the molecule is CC(=O)OCC1O[C@@H](N)C(C)[C@@H](n2cc(-c3cccc(F)c3)nn2)[C@H]1C. The molecule has 7 nitrogen and oxygen atoms in total. The van der Waals surface area contributed by atoms with Gasteiger partial charge in [-0.25, -0.2) is 9.07 Å². The first kappa shape index (κ1) is 18.5. The number of hydrogen-bond acceptors (Lipinski definition) is 6. The summed E-state index contributed by atoms with van der Waals surface area (Å²) in [4.78, 5) is 11.1. The van der Waals surface area contributed by atoms with Crippen molar-refractivity contribution in [1.82, 2.24) is 15.0 Å². The number of carbonyl (C=O) groups is 1. The zero-order chi connectivity index (χ0) is 18.8. The average Bonchev–Trinajstić information content (AvgIpc) is 3.07. The number of ether oxygens (including phenoxy) is 2. The van der Waals surface area contributed by atoms with Gasteiger partial charge in [-0.15, -0.1) is 5.10 Å². The topological polar surface area (TPSA) is 92.3 Å². The first-order valence-electron chi connectivity index (χ1n) is 8.59. The molecule has 0 saturated carbocycles. The van der Waals surface area contributed by atoms with Gasteiger partial charge in [-0.2, -0.15) is 0 Å². The second kappa shape index (κ2) is 7.51. The maximum Gasteiger partial charge on any atom is 0.302 e. The lowest BCUT2D eigenvalue weighted by molar-refractivity contribution is -0.167. The number of rotatable bonds is 4. The molecule has 1 aromatic heterocycles. The van der Waals surface area contributed by atoms with Crippen LogP contribution in [0.3, 0.4) is 0 Å². The molecule has 1 fully saturated rings. The molecular formula is C18H23FN4O3. The normalized spacial score (nSPS) is 28.7. The van der Waals surface area contributed by atoms with Crippen molar-refractivity contribution in [3.05, 3.63) is 36.3 Å². The van der Waals surface area contributed by atoms with Crippen LogP contribution in [0.25, 0.3) is 11.3 Å². The summed E-state index contributed by atoms with van der Waals surface area (Å²) >= 11 is 0. The maximum atomic E-state index is 13.5. The van der Waals surface area contributed by atoms with Crippen LogP contribution >= 0.6 is 0 Å². The van der Waals surface area contributed by atoms with Crippen molar-refractivity contribution in [3.8, 4) is 11.3 Å². The molecule has 2 unspecified atom stereocenters. The zero-order valence-electron chi connectivity index (χ0n) is 15.0. The van der Waals surface area contributed by atoms with Gasteiger partial charge in [0.25, 0.3) is 0 Å². The molecule has 0 spiro atoms. The predicted molar refractivity (Wildman–Crippen MR) is 92.3 cm³/mol. The van der Waals surface area contributed by atoms with Gasteiger partial charge in [0, 0.05) is 24.3 Å². The van der Waals surface area contributed by atoms with Gasteiger partial charge >= 0.3 is 5.97 Å². The van der Waals surface area contributed by atoms with Gasteiger partial charge in [-0.3, -0.25) is 4.79 Å². The van der Waals surface area contributed by atoms with Gasteiger partial charge in [-0.05, 0) is 12.1 Å². The summed E-state index contributed by atoms with van der Waals surface area (Å²) in [5.41, 5.74) is 7.37. The van der Waals surface area contributed by atoms with Crippen molar-refractivity contribution in [2.24, 2.45) is 17.6 Å². The van der Waals surface area contributed by atoms with E-state index in [1.807, 2.05) is 13.8 Å². The zero-order valence-corrected chi connectivity index (χ0v) is 15.0. The summed E-state index contributed by atoms with van der Waals surface area (Å²) in [6, 6.07) is 6.13. The molecule has 0 radical (unpaired) electrons. The highest BCUT2D eigenvalue weighted by Crippen LogP contribution is 2.37. The first-order chi connectivity index (χ1) is 12.4. The third-order valence-corrected chi connectivity index (χ3v) is 4.90. The van der Waals surface area contributed by atoms with Crippen LogP contribution in [-0.2, 0) is 14.3 Å². The fraction of sp³-hybridized carbons (Fsp3) is 0.500. The lowest BCUT2D eigenvalue weighted by atomic mass is 9.83. The molecule has 1 saturated heterocycles. The molecule has 3 rings (SSSR count). The van der Waals surface area contributed by atoms with E-state index in [0.717, 1.165) is 0 Å². The number of nitrogens with two attached hydrogens (primary N) is 1. The van der Waals surface area contributed by atoms with E-state index in [1.54, 1.807) is 23.0 Å². The number of nitrogens with zero attached hydrogens (tertiary/aromatic N) is 3. The molecule has 0 aliphatic carbocycles. The van der Waals surface area contributed by atoms with Crippen LogP contribution in [0, 0.1) is 17.7 Å². The fourth-order valence-corrected chi connectivity index (χ4v) is 3.42. The second-order valence-electron chi connectivity index (χ2n) is 6.74. The number of aromatic nitrogens is 3. The molecular weight excluding hydrogens is 339 g/mol. The Bertz CT molecular complexity index is 781. The second-order valence-corrected chi connectivity index (χ2v) is 6.74. The molecule has 1 aliphatic heterocycles. The summed E-state index contributed by atoms with van der Waals surface area (Å²) in [7, 11) is 0. The third-order valence-electron chi connectivity index (χ3n) is 4.90. The monoisotopic (exact) mass is 362 g/mol. The maximum absolute atomic E-state index is 13.5. The first-order valence-corrected chi connectivity index (χ1v) is 8.59. The highest BCUT2D eigenvalue weighted by molar-refractivity contribution is 5.65. The number of halogens is 1. The van der Waals surface area contributed by atoms with Crippen LogP contribution in [0.5, 0.6) is 0 Å². The van der Waals surface area contributed by atoms with Crippen LogP contribution in [0.1, 0.15) is 26.8 Å². The molecule has 2 heterocycles. The summed E-state index contributed by atoms with van der Waals surface area (Å²) in [6.45, 7) is 5.48. The number of hydrogen-bond donors (Lipinski definition) is 1. The van der Waals surface area contributed by atoms with E-state index >= 15 is 0 Å². The van der Waals surface area contributed by atoms with Gasteiger partial charge in [0.1, 0.15) is 24.3 Å². The van der Waals surface area contributed by atoms with Gasteiger partial charge < -0.3 is 15.2 Å². The van der Waals surface area contributed by atoms with Crippen molar-refractivity contribution in [2.45, 2.75) is 39.1 Å².